The van der Waals surface area contributed by atoms with Gasteiger partial charge in [-0.25, -0.2) is 4.98 Å². The summed E-state index contributed by atoms with van der Waals surface area (Å²) in [6.45, 7) is 0.606. The Hall–Kier alpha value is -2.13. The van der Waals surface area contributed by atoms with Crippen LogP contribution in [0.15, 0.2) is 29.6 Å². The molecule has 2 aromatic rings. The normalized spacial score (nSPS) is 11.3. The van der Waals surface area contributed by atoms with Gasteiger partial charge in [-0.2, -0.15) is 13.2 Å². The lowest BCUT2D eigenvalue weighted by Gasteiger charge is -2.09. The highest BCUT2D eigenvalue weighted by Crippen LogP contribution is 2.30. The van der Waals surface area contributed by atoms with E-state index in [1.54, 1.807) is 5.38 Å². The van der Waals surface area contributed by atoms with Crippen LogP contribution in [-0.4, -0.2) is 24.0 Å². The summed E-state index contributed by atoms with van der Waals surface area (Å²) in [7, 11) is 0. The van der Waals surface area contributed by atoms with Crippen LogP contribution in [0.25, 0.3) is 0 Å². The Balaban J connectivity index is 1.76. The topological polar surface area (TPSA) is 77.2 Å². The lowest BCUT2D eigenvalue weighted by molar-refractivity contribution is -0.137. The maximum Gasteiger partial charge on any atom is 0.416 e. The van der Waals surface area contributed by atoms with Crippen LogP contribution >= 0.6 is 11.3 Å². The number of carbonyl (C=O) groups excluding carboxylic acids is 1. The minimum atomic E-state index is -4.37. The molecule has 0 aliphatic heterocycles. The van der Waals surface area contributed by atoms with Gasteiger partial charge in [0, 0.05) is 11.9 Å². The van der Waals surface area contributed by atoms with E-state index in [2.05, 4.69) is 10.3 Å². The fourth-order valence-electron chi connectivity index (χ4n) is 1.67. The van der Waals surface area contributed by atoms with Crippen LogP contribution in [0.1, 0.15) is 21.1 Å². The zero-order valence-electron chi connectivity index (χ0n) is 11.9. The Morgan fingerprint density at radius 1 is 1.30 bits per heavy atom. The second kappa shape index (κ2) is 7.42. The number of benzene rings is 1. The molecule has 1 heterocycles. The number of thiazole rings is 1. The molecule has 1 amide bonds. The van der Waals surface area contributed by atoms with Crippen molar-refractivity contribution < 1.29 is 22.7 Å². The molecular weight excluding hydrogens is 331 g/mol. The minimum absolute atomic E-state index is 0.130. The fourth-order valence-corrected chi connectivity index (χ4v) is 2.33. The first kappa shape index (κ1) is 17.2. The Morgan fingerprint density at radius 3 is 2.57 bits per heavy atom. The largest absolute Gasteiger partial charge is 0.492 e. The van der Waals surface area contributed by atoms with Crippen LogP contribution in [-0.2, 0) is 12.7 Å². The van der Waals surface area contributed by atoms with Gasteiger partial charge in [-0.3, -0.25) is 4.79 Å². The van der Waals surface area contributed by atoms with Crippen molar-refractivity contribution in [3.63, 3.8) is 0 Å². The molecule has 0 atom stereocenters. The van der Waals surface area contributed by atoms with Crippen molar-refractivity contribution in [2.75, 3.05) is 13.2 Å². The minimum Gasteiger partial charge on any atom is -0.492 e. The fraction of sp³-hybridized carbons (Fsp3) is 0.286. The third-order valence-electron chi connectivity index (χ3n) is 2.80. The predicted octanol–water partition coefficient (Wildman–Crippen LogP) is 2.43. The van der Waals surface area contributed by atoms with Gasteiger partial charge in [-0.1, -0.05) is 0 Å². The molecule has 2 rings (SSSR count). The van der Waals surface area contributed by atoms with Crippen molar-refractivity contribution in [2.24, 2.45) is 5.73 Å². The molecule has 0 spiro atoms. The first-order valence-electron chi connectivity index (χ1n) is 6.63. The average molecular weight is 345 g/mol. The molecular formula is C14H14F3N3O2S. The molecule has 0 fully saturated rings. The van der Waals surface area contributed by atoms with E-state index in [1.165, 1.54) is 23.5 Å². The van der Waals surface area contributed by atoms with E-state index in [0.29, 0.717) is 10.8 Å². The van der Waals surface area contributed by atoms with Crippen molar-refractivity contribution >= 4 is 17.2 Å². The second-order valence-corrected chi connectivity index (χ2v) is 5.40. The Labute approximate surface area is 134 Å². The van der Waals surface area contributed by atoms with Crippen molar-refractivity contribution in [1.82, 2.24) is 10.3 Å². The Morgan fingerprint density at radius 2 is 2.00 bits per heavy atom. The lowest BCUT2D eigenvalue weighted by atomic mass is 10.2. The van der Waals surface area contributed by atoms with Gasteiger partial charge in [0.15, 0.2) is 0 Å². The van der Waals surface area contributed by atoms with Gasteiger partial charge in [0.1, 0.15) is 23.1 Å². The van der Waals surface area contributed by atoms with Crippen molar-refractivity contribution in [3.8, 4) is 5.75 Å². The summed E-state index contributed by atoms with van der Waals surface area (Å²) in [6.07, 6.45) is -4.37. The van der Waals surface area contributed by atoms with Crippen LogP contribution in [0.5, 0.6) is 5.75 Å². The maximum absolute atomic E-state index is 12.4. The molecule has 0 bridgehead atoms. The monoisotopic (exact) mass is 345 g/mol. The number of nitrogens with two attached hydrogens (primary N) is 1. The third-order valence-corrected chi connectivity index (χ3v) is 3.67. The van der Waals surface area contributed by atoms with Gasteiger partial charge in [0.05, 0.1) is 12.1 Å². The van der Waals surface area contributed by atoms with Crippen LogP contribution in [0, 0.1) is 0 Å². The number of halogens is 3. The van der Waals surface area contributed by atoms with Crippen LogP contribution < -0.4 is 15.8 Å². The molecule has 124 valence electrons. The van der Waals surface area contributed by atoms with Crippen LogP contribution in [0.4, 0.5) is 13.2 Å². The summed E-state index contributed by atoms with van der Waals surface area (Å²) >= 11 is 1.30. The van der Waals surface area contributed by atoms with Crippen molar-refractivity contribution in [2.45, 2.75) is 12.7 Å². The molecule has 5 nitrogen and oxygen atoms in total. The van der Waals surface area contributed by atoms with Gasteiger partial charge < -0.3 is 15.8 Å². The number of carbonyl (C=O) groups is 1. The number of rotatable bonds is 6. The number of hydrogen-bond donors (Lipinski definition) is 2. The zero-order valence-corrected chi connectivity index (χ0v) is 12.7. The first-order chi connectivity index (χ1) is 10.9. The summed E-state index contributed by atoms with van der Waals surface area (Å²) in [5, 5.41) is 4.87. The van der Waals surface area contributed by atoms with Crippen molar-refractivity contribution in [3.05, 3.63) is 45.9 Å². The molecule has 0 radical (unpaired) electrons. The SMILES string of the molecule is NCc1nc(C(=O)NCCOc2ccc(C(F)(F)F)cc2)cs1. The molecule has 3 N–H and O–H groups in total. The molecule has 0 aliphatic carbocycles. The molecule has 0 saturated carbocycles. The van der Waals surface area contributed by atoms with E-state index < -0.39 is 11.7 Å². The molecule has 0 aliphatic rings. The quantitative estimate of drug-likeness (QED) is 0.789. The summed E-state index contributed by atoms with van der Waals surface area (Å²) in [5.74, 6) is -0.0525. The second-order valence-electron chi connectivity index (χ2n) is 4.46. The predicted molar refractivity (Wildman–Crippen MR) is 79.3 cm³/mol. The smallest absolute Gasteiger partial charge is 0.416 e. The van der Waals surface area contributed by atoms with Gasteiger partial charge >= 0.3 is 6.18 Å². The number of aromatic nitrogens is 1. The summed E-state index contributed by atoms with van der Waals surface area (Å²) in [5.41, 5.74) is 4.96. The maximum atomic E-state index is 12.4. The number of alkyl halides is 3. The highest BCUT2D eigenvalue weighted by Gasteiger charge is 2.29. The molecule has 0 saturated heterocycles. The van der Waals surface area contributed by atoms with E-state index in [9.17, 15) is 18.0 Å². The Kier molecular flexibility index (Phi) is 5.56. The van der Waals surface area contributed by atoms with E-state index in [4.69, 9.17) is 10.5 Å². The average Bonchev–Trinajstić information content (AvgIpc) is 3.00. The number of hydrogen-bond acceptors (Lipinski definition) is 5. The highest BCUT2D eigenvalue weighted by atomic mass is 32.1. The van der Waals surface area contributed by atoms with E-state index >= 15 is 0 Å². The van der Waals surface area contributed by atoms with E-state index in [0.717, 1.165) is 12.1 Å². The summed E-state index contributed by atoms with van der Waals surface area (Å²) < 4.78 is 42.5. The van der Waals surface area contributed by atoms with Gasteiger partial charge in [0.25, 0.3) is 5.91 Å². The van der Waals surface area contributed by atoms with Crippen LogP contribution in [0.3, 0.4) is 0 Å². The molecule has 1 aromatic heterocycles. The number of amides is 1. The highest BCUT2D eigenvalue weighted by molar-refractivity contribution is 7.09. The van der Waals surface area contributed by atoms with E-state index in [-0.39, 0.29) is 31.3 Å². The lowest BCUT2D eigenvalue weighted by Crippen LogP contribution is -2.28. The van der Waals surface area contributed by atoms with E-state index in [1.807, 2.05) is 0 Å². The standard InChI is InChI=1S/C14H14F3N3O2S/c15-14(16,17)9-1-3-10(4-2-9)22-6-5-19-13(21)11-8-23-12(7-18)20-11/h1-4,8H,5-7,18H2,(H,19,21). The van der Waals surface area contributed by atoms with Crippen molar-refractivity contribution in [1.29, 1.82) is 0 Å². The number of nitrogens with zero attached hydrogens (tertiary/aromatic N) is 1. The number of nitrogens with one attached hydrogen (secondary N) is 1. The molecule has 1 aromatic carbocycles. The zero-order chi connectivity index (χ0) is 16.9. The number of ether oxygens (including phenoxy) is 1. The summed E-state index contributed by atoms with van der Waals surface area (Å²) in [6, 6.07) is 4.35. The van der Waals surface area contributed by atoms with Crippen LogP contribution in [0.2, 0.25) is 0 Å². The Bertz CT molecular complexity index is 656. The molecule has 0 unspecified atom stereocenters. The third kappa shape index (κ3) is 4.93. The molecule has 23 heavy (non-hydrogen) atoms. The van der Waals surface area contributed by atoms with Gasteiger partial charge in [-0.05, 0) is 24.3 Å². The summed E-state index contributed by atoms with van der Waals surface area (Å²) in [4.78, 5) is 15.8. The van der Waals surface area contributed by atoms with Gasteiger partial charge in [0.2, 0.25) is 0 Å². The van der Waals surface area contributed by atoms with Gasteiger partial charge in [-0.15, -0.1) is 11.3 Å². The first-order valence-corrected chi connectivity index (χ1v) is 7.51. The molecule has 9 heteroatoms.